The number of ether oxygens (including phenoxy) is 1. The molecule has 106 valence electrons. The van der Waals surface area contributed by atoms with Crippen LogP contribution in [-0.2, 0) is 9.53 Å². The third-order valence-corrected chi connectivity index (χ3v) is 3.29. The van der Waals surface area contributed by atoms with Crippen molar-refractivity contribution in [2.75, 3.05) is 13.1 Å². The first kappa shape index (κ1) is 15.4. The fourth-order valence-electron chi connectivity index (χ4n) is 2.75. The summed E-state index contributed by atoms with van der Waals surface area (Å²) in [5, 5.41) is 0. The van der Waals surface area contributed by atoms with Crippen LogP contribution in [0, 0.1) is 0 Å². The predicted octanol–water partition coefficient (Wildman–Crippen LogP) is 1.03. The van der Waals surface area contributed by atoms with Crippen molar-refractivity contribution in [3.05, 3.63) is 0 Å². The smallest absolute Gasteiger partial charge is 0.233 e. The molecule has 5 heteroatoms. The van der Waals surface area contributed by atoms with Crippen LogP contribution < -0.4 is 11.3 Å². The Hall–Kier alpha value is -0.650. The number of carbonyl (C=O) groups is 1. The van der Waals surface area contributed by atoms with Gasteiger partial charge in [0.1, 0.15) is 0 Å². The Bertz CT molecular complexity index is 287. The Labute approximate surface area is 110 Å². The summed E-state index contributed by atoms with van der Waals surface area (Å²) < 4.78 is 6.05. The maximum Gasteiger partial charge on any atom is 0.233 e. The van der Waals surface area contributed by atoms with Gasteiger partial charge in [-0.3, -0.25) is 15.1 Å². The monoisotopic (exact) mass is 257 g/mol. The Morgan fingerprint density at radius 1 is 1.33 bits per heavy atom. The van der Waals surface area contributed by atoms with Gasteiger partial charge in [-0.1, -0.05) is 0 Å². The van der Waals surface area contributed by atoms with Crippen molar-refractivity contribution < 1.29 is 9.53 Å². The average molecular weight is 257 g/mol. The molecule has 1 aliphatic heterocycles. The summed E-state index contributed by atoms with van der Waals surface area (Å²) in [5.74, 6) is 4.99. The van der Waals surface area contributed by atoms with Crippen molar-refractivity contribution in [3.63, 3.8) is 0 Å². The van der Waals surface area contributed by atoms with E-state index in [2.05, 4.69) is 44.9 Å². The highest BCUT2D eigenvalue weighted by atomic mass is 16.5. The molecule has 5 nitrogen and oxygen atoms in total. The summed E-state index contributed by atoms with van der Waals surface area (Å²) in [6, 6.07) is 0.352. The lowest BCUT2D eigenvalue weighted by molar-refractivity contribution is -0.187. The molecule has 1 saturated heterocycles. The topological polar surface area (TPSA) is 67.6 Å². The molecule has 3 N–H and O–H groups in total. The van der Waals surface area contributed by atoms with E-state index in [0.29, 0.717) is 12.5 Å². The number of morpholine rings is 1. The molecule has 0 radical (unpaired) electrons. The number of carbonyl (C=O) groups excluding carboxylic acids is 1. The van der Waals surface area contributed by atoms with Crippen LogP contribution >= 0.6 is 0 Å². The summed E-state index contributed by atoms with van der Waals surface area (Å²) in [6.45, 7) is 12.4. The zero-order valence-corrected chi connectivity index (χ0v) is 12.2. The van der Waals surface area contributed by atoms with E-state index in [9.17, 15) is 4.79 Å². The molecule has 1 heterocycles. The third-order valence-electron chi connectivity index (χ3n) is 3.29. The molecule has 0 spiro atoms. The molecular formula is C13H27N3O2. The van der Waals surface area contributed by atoms with Gasteiger partial charge in [0, 0.05) is 25.6 Å². The lowest BCUT2D eigenvalue weighted by atomic mass is 9.96. The SMILES string of the molecule is CC(CCC(=O)NN)N1CC(C)(C)OC(C)(C)C1. The van der Waals surface area contributed by atoms with Gasteiger partial charge in [-0.25, -0.2) is 5.84 Å². The highest BCUT2D eigenvalue weighted by Crippen LogP contribution is 2.29. The van der Waals surface area contributed by atoms with Gasteiger partial charge in [-0.2, -0.15) is 0 Å². The predicted molar refractivity (Wildman–Crippen MR) is 71.8 cm³/mol. The minimum Gasteiger partial charge on any atom is -0.367 e. The van der Waals surface area contributed by atoms with Gasteiger partial charge in [0.2, 0.25) is 5.91 Å². The molecule has 0 bridgehead atoms. The van der Waals surface area contributed by atoms with Crippen molar-refractivity contribution in [2.45, 2.75) is 64.7 Å². The van der Waals surface area contributed by atoms with E-state index in [4.69, 9.17) is 10.6 Å². The van der Waals surface area contributed by atoms with Crippen molar-refractivity contribution in [1.29, 1.82) is 0 Å². The second-order valence-electron chi connectivity index (χ2n) is 6.48. The van der Waals surface area contributed by atoms with Crippen molar-refractivity contribution in [1.82, 2.24) is 10.3 Å². The van der Waals surface area contributed by atoms with Gasteiger partial charge in [-0.15, -0.1) is 0 Å². The van der Waals surface area contributed by atoms with E-state index in [1.54, 1.807) is 0 Å². The number of nitrogens with zero attached hydrogens (tertiary/aromatic N) is 1. The van der Waals surface area contributed by atoms with E-state index in [0.717, 1.165) is 19.5 Å². The van der Waals surface area contributed by atoms with Crippen LogP contribution in [0.1, 0.15) is 47.5 Å². The van der Waals surface area contributed by atoms with E-state index in [1.807, 2.05) is 0 Å². The Morgan fingerprint density at radius 2 is 1.83 bits per heavy atom. The van der Waals surface area contributed by atoms with Gasteiger partial charge >= 0.3 is 0 Å². The molecule has 0 aromatic rings. The summed E-state index contributed by atoms with van der Waals surface area (Å²) >= 11 is 0. The quantitative estimate of drug-likeness (QED) is 0.448. The Kier molecular flexibility index (Phi) is 4.75. The maximum absolute atomic E-state index is 11.2. The normalized spacial score (nSPS) is 24.6. The zero-order valence-electron chi connectivity index (χ0n) is 12.2. The van der Waals surface area contributed by atoms with Gasteiger partial charge in [0.25, 0.3) is 0 Å². The third kappa shape index (κ3) is 4.55. The largest absolute Gasteiger partial charge is 0.367 e. The number of nitrogens with one attached hydrogen (secondary N) is 1. The molecule has 1 amide bonds. The van der Waals surface area contributed by atoms with Crippen molar-refractivity contribution in [3.8, 4) is 0 Å². The number of nitrogens with two attached hydrogens (primary N) is 1. The molecule has 1 fully saturated rings. The fraction of sp³-hybridized carbons (Fsp3) is 0.923. The molecule has 0 aromatic carbocycles. The average Bonchev–Trinajstić information content (AvgIpc) is 2.20. The molecule has 1 aliphatic rings. The van der Waals surface area contributed by atoms with Crippen LogP contribution in [0.15, 0.2) is 0 Å². The minimum atomic E-state index is -0.147. The van der Waals surface area contributed by atoms with Crippen LogP contribution in [0.4, 0.5) is 0 Å². The molecule has 1 unspecified atom stereocenters. The summed E-state index contributed by atoms with van der Waals surface area (Å²) in [5.41, 5.74) is 1.88. The van der Waals surface area contributed by atoms with E-state index < -0.39 is 0 Å². The Morgan fingerprint density at radius 3 is 2.28 bits per heavy atom. The highest BCUT2D eigenvalue weighted by molar-refractivity contribution is 5.75. The summed E-state index contributed by atoms with van der Waals surface area (Å²) in [7, 11) is 0. The molecule has 1 rings (SSSR count). The standard InChI is InChI=1S/C13H27N3O2/c1-10(6-7-11(17)15-14)16-8-12(2,3)18-13(4,5)9-16/h10H,6-9,14H2,1-5H3,(H,15,17). The van der Waals surface area contributed by atoms with Gasteiger partial charge in [0.05, 0.1) is 11.2 Å². The first-order valence-electron chi connectivity index (χ1n) is 6.59. The fourth-order valence-corrected chi connectivity index (χ4v) is 2.75. The van der Waals surface area contributed by atoms with Crippen LogP contribution in [0.5, 0.6) is 0 Å². The second-order valence-corrected chi connectivity index (χ2v) is 6.48. The van der Waals surface area contributed by atoms with E-state index in [-0.39, 0.29) is 17.1 Å². The zero-order chi connectivity index (χ0) is 14.0. The van der Waals surface area contributed by atoms with E-state index in [1.165, 1.54) is 0 Å². The summed E-state index contributed by atoms with van der Waals surface area (Å²) in [6.07, 6.45) is 1.28. The van der Waals surface area contributed by atoms with E-state index >= 15 is 0 Å². The summed E-state index contributed by atoms with van der Waals surface area (Å²) in [4.78, 5) is 13.6. The Balaban J connectivity index is 2.56. The van der Waals surface area contributed by atoms with Crippen LogP contribution in [0.25, 0.3) is 0 Å². The maximum atomic E-state index is 11.2. The lowest BCUT2D eigenvalue weighted by Gasteiger charge is -2.49. The van der Waals surface area contributed by atoms with Crippen molar-refractivity contribution >= 4 is 5.91 Å². The number of hydrazine groups is 1. The minimum absolute atomic E-state index is 0.103. The first-order chi connectivity index (χ1) is 8.15. The number of amides is 1. The van der Waals surface area contributed by atoms with Gasteiger partial charge in [0.15, 0.2) is 0 Å². The number of hydrogen-bond donors (Lipinski definition) is 2. The highest BCUT2D eigenvalue weighted by Gasteiger charge is 2.39. The molecule has 18 heavy (non-hydrogen) atoms. The number of rotatable bonds is 4. The molecule has 0 saturated carbocycles. The van der Waals surface area contributed by atoms with Crippen LogP contribution in [0.3, 0.4) is 0 Å². The molecule has 1 atom stereocenters. The second kappa shape index (κ2) is 5.55. The van der Waals surface area contributed by atoms with Gasteiger partial charge in [-0.05, 0) is 41.0 Å². The lowest BCUT2D eigenvalue weighted by Crippen LogP contribution is -2.59. The number of hydrogen-bond acceptors (Lipinski definition) is 4. The van der Waals surface area contributed by atoms with Gasteiger partial charge < -0.3 is 4.74 Å². The van der Waals surface area contributed by atoms with Crippen molar-refractivity contribution in [2.24, 2.45) is 5.84 Å². The van der Waals surface area contributed by atoms with Crippen LogP contribution in [-0.4, -0.2) is 41.1 Å². The van der Waals surface area contributed by atoms with Crippen LogP contribution in [0.2, 0.25) is 0 Å². The molecular weight excluding hydrogens is 230 g/mol. The first-order valence-corrected chi connectivity index (χ1v) is 6.59. The molecule has 0 aliphatic carbocycles. The molecule has 0 aromatic heterocycles.